The number of hydrogen-bond acceptors (Lipinski definition) is 6. The van der Waals surface area contributed by atoms with Gasteiger partial charge in [-0.3, -0.25) is 15.0 Å². The van der Waals surface area contributed by atoms with Gasteiger partial charge in [0, 0.05) is 19.5 Å². The number of para-hydroxylation sites is 1. The molecule has 1 aromatic rings. The number of carbonyl (C=O) groups is 2. The molecule has 3 unspecified atom stereocenters. The number of benzene rings is 1. The number of likely N-dealkylation sites (tertiary alicyclic amines) is 1. The third-order valence-corrected chi connectivity index (χ3v) is 6.12. The van der Waals surface area contributed by atoms with Crippen LogP contribution >= 0.6 is 0 Å². The summed E-state index contributed by atoms with van der Waals surface area (Å²) >= 11 is 0. The summed E-state index contributed by atoms with van der Waals surface area (Å²) < 4.78 is 5.21. The number of hydrazone groups is 1. The number of carbonyl (C=O) groups excluding carboxylic acids is 2. The van der Waals surface area contributed by atoms with Crippen molar-refractivity contribution >= 4 is 23.2 Å². The van der Waals surface area contributed by atoms with Crippen molar-refractivity contribution in [1.82, 2.24) is 4.90 Å². The van der Waals surface area contributed by atoms with Gasteiger partial charge in [-0.2, -0.15) is 5.10 Å². The lowest BCUT2D eigenvalue weighted by Gasteiger charge is -2.48. The molecule has 1 heterocycles. The average Bonchev–Trinajstić information content (AvgIpc) is 2.83. The van der Waals surface area contributed by atoms with Crippen molar-refractivity contribution < 1.29 is 14.3 Å². The molecule has 6 nitrogen and oxygen atoms in total. The van der Waals surface area contributed by atoms with Gasteiger partial charge in [0.2, 0.25) is 0 Å². The predicted molar refractivity (Wildman–Crippen MR) is 106 cm³/mol. The Morgan fingerprint density at radius 3 is 2.78 bits per heavy atom. The second-order valence-corrected chi connectivity index (χ2v) is 7.78. The topological polar surface area (TPSA) is 71.0 Å². The summed E-state index contributed by atoms with van der Waals surface area (Å²) in [4.78, 5) is 28.0. The summed E-state index contributed by atoms with van der Waals surface area (Å²) in [6, 6.07) is 9.58. The lowest BCUT2D eigenvalue weighted by Crippen LogP contribution is -2.56. The second-order valence-electron chi connectivity index (χ2n) is 7.78. The molecule has 2 aliphatic rings. The number of anilines is 1. The van der Waals surface area contributed by atoms with Gasteiger partial charge in [0.1, 0.15) is 5.71 Å². The molecule has 0 spiro atoms. The number of hydrogen-bond donors (Lipinski definition) is 1. The fourth-order valence-electron chi connectivity index (χ4n) is 4.76. The predicted octanol–water partition coefficient (Wildman–Crippen LogP) is 2.95. The number of esters is 1. The molecule has 2 fully saturated rings. The Labute approximate surface area is 161 Å². The maximum Gasteiger partial charge on any atom is 0.313 e. The van der Waals surface area contributed by atoms with E-state index in [1.165, 1.54) is 7.11 Å². The summed E-state index contributed by atoms with van der Waals surface area (Å²) in [6.45, 7) is 3.67. The SMILES string of the molecule is CCC1CN(C)CC2(C(=O)OC)CC/C(=N/Nc3ccccc3)C(=O)CC12. The molecular weight excluding hydrogens is 342 g/mol. The van der Waals surface area contributed by atoms with E-state index in [9.17, 15) is 9.59 Å². The highest BCUT2D eigenvalue weighted by Crippen LogP contribution is 2.48. The van der Waals surface area contributed by atoms with Crippen LogP contribution in [0.5, 0.6) is 0 Å². The standard InChI is InChI=1S/C21H29N3O3/c1-4-15-13-24(2)14-21(20(26)27-3)11-10-18(19(25)12-17(15)21)23-22-16-8-6-5-7-9-16/h5-9,15,17,22H,4,10-14H2,1-3H3/b23-18-. The molecule has 1 saturated carbocycles. The van der Waals surface area contributed by atoms with Crippen LogP contribution in [-0.4, -0.2) is 49.6 Å². The Morgan fingerprint density at radius 1 is 1.37 bits per heavy atom. The van der Waals surface area contributed by atoms with Crippen molar-refractivity contribution in [3.8, 4) is 0 Å². The van der Waals surface area contributed by atoms with Gasteiger partial charge in [0.15, 0.2) is 5.78 Å². The van der Waals surface area contributed by atoms with Gasteiger partial charge in [-0.1, -0.05) is 31.5 Å². The third-order valence-electron chi connectivity index (χ3n) is 6.12. The van der Waals surface area contributed by atoms with Crippen LogP contribution in [0.15, 0.2) is 35.4 Å². The van der Waals surface area contributed by atoms with Gasteiger partial charge in [-0.25, -0.2) is 0 Å². The molecule has 1 aromatic carbocycles. The van der Waals surface area contributed by atoms with E-state index in [0.29, 0.717) is 37.4 Å². The molecule has 0 radical (unpaired) electrons. The molecule has 0 bridgehead atoms. The zero-order chi connectivity index (χ0) is 19.4. The van der Waals surface area contributed by atoms with Crippen LogP contribution < -0.4 is 5.43 Å². The molecule has 1 N–H and O–H groups in total. The molecule has 1 saturated heterocycles. The first-order chi connectivity index (χ1) is 13.0. The van der Waals surface area contributed by atoms with Gasteiger partial charge in [-0.05, 0) is 43.9 Å². The molecule has 3 rings (SSSR count). The summed E-state index contributed by atoms with van der Waals surface area (Å²) in [5.74, 6) is 0.149. The molecule has 1 aliphatic heterocycles. The fraction of sp³-hybridized carbons (Fsp3) is 0.571. The number of piperidine rings is 1. The minimum atomic E-state index is -0.637. The Kier molecular flexibility index (Phi) is 5.95. The monoisotopic (exact) mass is 371 g/mol. The summed E-state index contributed by atoms with van der Waals surface area (Å²) in [6.07, 6.45) is 2.37. The number of ketones is 1. The highest BCUT2D eigenvalue weighted by atomic mass is 16.5. The highest BCUT2D eigenvalue weighted by Gasteiger charge is 2.54. The minimum Gasteiger partial charge on any atom is -0.469 e. The molecule has 0 amide bonds. The van der Waals surface area contributed by atoms with E-state index in [-0.39, 0.29) is 17.7 Å². The zero-order valence-electron chi connectivity index (χ0n) is 16.4. The number of fused-ring (bicyclic) bond motifs is 1. The van der Waals surface area contributed by atoms with Crippen molar-refractivity contribution in [1.29, 1.82) is 0 Å². The quantitative estimate of drug-likeness (QED) is 0.651. The van der Waals surface area contributed by atoms with E-state index in [1.54, 1.807) is 0 Å². The fourth-order valence-corrected chi connectivity index (χ4v) is 4.76. The lowest BCUT2D eigenvalue weighted by molar-refractivity contribution is -0.165. The van der Waals surface area contributed by atoms with Crippen molar-refractivity contribution in [2.45, 2.75) is 32.6 Å². The van der Waals surface area contributed by atoms with Gasteiger partial charge in [-0.15, -0.1) is 0 Å². The first-order valence-corrected chi connectivity index (χ1v) is 9.68. The van der Waals surface area contributed by atoms with Crippen LogP contribution in [0.4, 0.5) is 5.69 Å². The largest absolute Gasteiger partial charge is 0.469 e. The molecule has 6 heteroatoms. The van der Waals surface area contributed by atoms with Crippen molar-refractivity contribution in [3.05, 3.63) is 30.3 Å². The Hall–Kier alpha value is -2.21. The van der Waals surface area contributed by atoms with Crippen LogP contribution in [-0.2, 0) is 14.3 Å². The zero-order valence-corrected chi connectivity index (χ0v) is 16.4. The van der Waals surface area contributed by atoms with Gasteiger partial charge in [0.05, 0.1) is 18.2 Å². The van der Waals surface area contributed by atoms with Crippen LogP contribution in [0, 0.1) is 17.3 Å². The summed E-state index contributed by atoms with van der Waals surface area (Å²) in [5, 5.41) is 4.39. The molecule has 1 aliphatic carbocycles. The van der Waals surface area contributed by atoms with Crippen LogP contribution in [0.25, 0.3) is 0 Å². The van der Waals surface area contributed by atoms with E-state index in [1.807, 2.05) is 37.4 Å². The molecular formula is C21H29N3O3. The Bertz CT molecular complexity index is 719. The molecule has 3 atom stereocenters. The normalized spacial score (nSPS) is 30.5. The number of nitrogens with one attached hydrogen (secondary N) is 1. The number of methoxy groups -OCH3 is 1. The van der Waals surface area contributed by atoms with Crippen LogP contribution in [0.3, 0.4) is 0 Å². The molecule has 27 heavy (non-hydrogen) atoms. The Balaban J connectivity index is 1.89. The lowest BCUT2D eigenvalue weighted by atomic mass is 9.63. The van der Waals surface area contributed by atoms with Crippen LogP contribution in [0.2, 0.25) is 0 Å². The summed E-state index contributed by atoms with van der Waals surface area (Å²) in [5.41, 5.74) is 3.71. The number of ether oxygens (including phenoxy) is 1. The van der Waals surface area contributed by atoms with E-state index >= 15 is 0 Å². The van der Waals surface area contributed by atoms with Crippen molar-refractivity contribution in [2.24, 2.45) is 22.4 Å². The number of nitrogens with zero attached hydrogens (tertiary/aromatic N) is 2. The van der Waals surface area contributed by atoms with E-state index in [4.69, 9.17) is 4.74 Å². The van der Waals surface area contributed by atoms with Crippen LogP contribution in [0.1, 0.15) is 32.6 Å². The number of rotatable bonds is 4. The first-order valence-electron chi connectivity index (χ1n) is 9.68. The van der Waals surface area contributed by atoms with E-state index in [0.717, 1.165) is 18.7 Å². The minimum absolute atomic E-state index is 0.00285. The van der Waals surface area contributed by atoms with E-state index in [2.05, 4.69) is 22.4 Å². The smallest absolute Gasteiger partial charge is 0.313 e. The number of Topliss-reactive ketones (excluding diaryl/α,β-unsaturated/α-hetero) is 1. The third kappa shape index (κ3) is 3.90. The maximum atomic E-state index is 13.0. The molecule has 146 valence electrons. The van der Waals surface area contributed by atoms with Gasteiger partial charge in [0.25, 0.3) is 0 Å². The molecule has 0 aromatic heterocycles. The van der Waals surface area contributed by atoms with Gasteiger partial charge < -0.3 is 9.64 Å². The second kappa shape index (κ2) is 8.21. The average molecular weight is 371 g/mol. The highest BCUT2D eigenvalue weighted by molar-refractivity contribution is 6.40. The van der Waals surface area contributed by atoms with E-state index < -0.39 is 5.41 Å². The summed E-state index contributed by atoms with van der Waals surface area (Å²) in [7, 11) is 3.49. The van der Waals surface area contributed by atoms with Gasteiger partial charge >= 0.3 is 5.97 Å². The Morgan fingerprint density at radius 2 is 2.11 bits per heavy atom. The first kappa shape index (κ1) is 19.5. The van der Waals surface area contributed by atoms with Crippen molar-refractivity contribution in [3.63, 3.8) is 0 Å². The van der Waals surface area contributed by atoms with Crippen molar-refractivity contribution in [2.75, 3.05) is 32.7 Å². The maximum absolute atomic E-state index is 13.0.